The minimum absolute atomic E-state index is 0. The van der Waals surface area contributed by atoms with Gasteiger partial charge in [-0.3, -0.25) is 4.90 Å². The number of carbonyl (C=O) groups excluding carboxylic acids is 1. The number of rotatable bonds is 7. The van der Waals surface area contributed by atoms with Crippen LogP contribution in [0.3, 0.4) is 0 Å². The Labute approximate surface area is 228 Å². The van der Waals surface area contributed by atoms with E-state index >= 15 is 0 Å². The first-order chi connectivity index (χ1) is 16.8. The predicted molar refractivity (Wildman–Crippen MR) is 155 cm³/mol. The lowest BCUT2D eigenvalue weighted by atomic mass is 9.77. The third-order valence-electron chi connectivity index (χ3n) is 7.76. The van der Waals surface area contributed by atoms with Gasteiger partial charge in [0.15, 0.2) is 0 Å². The van der Waals surface area contributed by atoms with Crippen molar-refractivity contribution in [2.75, 3.05) is 26.2 Å². The molecule has 0 spiro atoms. The van der Waals surface area contributed by atoms with Crippen LogP contribution in [0.2, 0.25) is 0 Å². The quantitative estimate of drug-likeness (QED) is 0.359. The highest BCUT2D eigenvalue weighted by atomic mass is 35.5. The lowest BCUT2D eigenvalue weighted by Gasteiger charge is -2.39. The Hall–Kier alpha value is -2.17. The van der Waals surface area contributed by atoms with Crippen LogP contribution in [0.5, 0.6) is 0 Å². The Kier molecular flexibility index (Phi) is 11.0. The molecule has 0 saturated carbocycles. The topological polar surface area (TPSA) is 32.3 Å². The molecular weight excluding hydrogens is 487 g/mol. The fourth-order valence-electron chi connectivity index (χ4n) is 5.83. The van der Waals surface area contributed by atoms with Gasteiger partial charge in [-0.05, 0) is 90.5 Å². The summed E-state index contributed by atoms with van der Waals surface area (Å²) < 4.78 is 0. The van der Waals surface area contributed by atoms with E-state index in [2.05, 4.69) is 83.0 Å². The van der Waals surface area contributed by atoms with Gasteiger partial charge in [0.25, 0.3) is 0 Å². The SMILES string of the molecule is Cl.Cl.O=CCCC1CCN(Cc2ccc(-c3ccccc3)cc2)CC1c1ccc2c(c1)CCNCC2. The second-order valence-corrected chi connectivity index (χ2v) is 9.98. The number of halogens is 2. The number of carbonyl (C=O) groups is 1. The molecule has 5 heteroatoms. The highest BCUT2D eigenvalue weighted by Crippen LogP contribution is 2.37. The fraction of sp³-hybridized carbons (Fsp3) is 0.387. The van der Waals surface area contributed by atoms with Crippen LogP contribution < -0.4 is 5.32 Å². The van der Waals surface area contributed by atoms with Crippen molar-refractivity contribution in [2.24, 2.45) is 5.92 Å². The van der Waals surface area contributed by atoms with Crippen molar-refractivity contribution in [1.29, 1.82) is 0 Å². The molecular formula is C31H38Cl2N2O. The molecule has 3 nitrogen and oxygen atoms in total. The molecule has 2 aliphatic rings. The number of nitrogens with one attached hydrogen (secondary N) is 1. The van der Waals surface area contributed by atoms with E-state index in [1.807, 2.05) is 0 Å². The van der Waals surface area contributed by atoms with E-state index < -0.39 is 0 Å². The number of hydrogen-bond donors (Lipinski definition) is 1. The summed E-state index contributed by atoms with van der Waals surface area (Å²) in [4.78, 5) is 13.8. The maximum atomic E-state index is 11.1. The third kappa shape index (κ3) is 6.98. The van der Waals surface area contributed by atoms with Crippen molar-refractivity contribution in [3.63, 3.8) is 0 Å². The lowest BCUT2D eigenvalue weighted by molar-refractivity contribution is -0.108. The molecule has 0 aromatic heterocycles. The van der Waals surface area contributed by atoms with Gasteiger partial charge in [-0.15, -0.1) is 24.8 Å². The summed E-state index contributed by atoms with van der Waals surface area (Å²) in [6.07, 6.45) is 6.19. The average molecular weight is 526 g/mol. The molecule has 0 amide bonds. The summed E-state index contributed by atoms with van der Waals surface area (Å²) in [6, 6.07) is 26.9. The van der Waals surface area contributed by atoms with Gasteiger partial charge < -0.3 is 10.1 Å². The van der Waals surface area contributed by atoms with Gasteiger partial charge >= 0.3 is 0 Å². The molecule has 2 atom stereocenters. The monoisotopic (exact) mass is 524 g/mol. The highest BCUT2D eigenvalue weighted by Gasteiger charge is 2.30. The number of nitrogens with zero attached hydrogens (tertiary/aromatic N) is 1. The van der Waals surface area contributed by atoms with Gasteiger partial charge in [-0.2, -0.15) is 0 Å². The predicted octanol–water partition coefficient (Wildman–Crippen LogP) is 6.47. The van der Waals surface area contributed by atoms with E-state index in [-0.39, 0.29) is 24.8 Å². The summed E-state index contributed by atoms with van der Waals surface area (Å²) in [6.45, 7) is 5.31. The van der Waals surface area contributed by atoms with Crippen molar-refractivity contribution >= 4 is 31.1 Å². The Morgan fingerprint density at radius 3 is 2.33 bits per heavy atom. The lowest BCUT2D eigenvalue weighted by Crippen LogP contribution is -2.39. The number of hydrogen-bond acceptors (Lipinski definition) is 3. The summed E-state index contributed by atoms with van der Waals surface area (Å²) in [5.74, 6) is 1.09. The van der Waals surface area contributed by atoms with Crippen molar-refractivity contribution in [3.05, 3.63) is 95.1 Å². The molecule has 2 unspecified atom stereocenters. The van der Waals surface area contributed by atoms with Crippen molar-refractivity contribution in [1.82, 2.24) is 10.2 Å². The summed E-state index contributed by atoms with van der Waals surface area (Å²) in [7, 11) is 0. The van der Waals surface area contributed by atoms with Crippen molar-refractivity contribution in [2.45, 2.75) is 44.6 Å². The average Bonchev–Trinajstić information content (AvgIpc) is 3.14. The Morgan fingerprint density at radius 1 is 0.861 bits per heavy atom. The van der Waals surface area contributed by atoms with Gasteiger partial charge in [0, 0.05) is 19.5 Å². The number of fused-ring (bicyclic) bond motifs is 1. The molecule has 5 rings (SSSR count). The maximum Gasteiger partial charge on any atom is 0.120 e. The second kappa shape index (κ2) is 13.9. The van der Waals surface area contributed by atoms with Crippen molar-refractivity contribution < 1.29 is 4.79 Å². The number of benzene rings is 3. The number of aldehydes is 1. The van der Waals surface area contributed by atoms with E-state index in [0.29, 0.717) is 18.3 Å². The zero-order valence-electron chi connectivity index (χ0n) is 20.9. The summed E-state index contributed by atoms with van der Waals surface area (Å²) in [5.41, 5.74) is 8.41. The Morgan fingerprint density at radius 2 is 1.58 bits per heavy atom. The Balaban J connectivity index is 0.00000180. The van der Waals surface area contributed by atoms with E-state index in [0.717, 1.165) is 58.3 Å². The molecule has 1 fully saturated rings. The van der Waals surface area contributed by atoms with Gasteiger partial charge in [0.1, 0.15) is 6.29 Å². The molecule has 2 heterocycles. The van der Waals surface area contributed by atoms with Crippen LogP contribution >= 0.6 is 24.8 Å². The van der Waals surface area contributed by atoms with Crippen LogP contribution in [0.25, 0.3) is 11.1 Å². The van der Waals surface area contributed by atoms with Gasteiger partial charge in [0.05, 0.1) is 0 Å². The molecule has 3 aromatic rings. The molecule has 36 heavy (non-hydrogen) atoms. The molecule has 3 aromatic carbocycles. The van der Waals surface area contributed by atoms with Crippen LogP contribution in [-0.2, 0) is 24.2 Å². The zero-order chi connectivity index (χ0) is 23.2. The molecule has 2 aliphatic heterocycles. The van der Waals surface area contributed by atoms with E-state index in [1.54, 1.807) is 0 Å². The van der Waals surface area contributed by atoms with E-state index in [4.69, 9.17) is 0 Å². The standard InChI is InChI=1S/C31H36N2O.2ClH/c34-20-4-7-28-16-19-33(22-24-8-10-26(11-9-24)25-5-2-1-3-6-25)23-31(28)30-13-12-27-14-17-32-18-15-29(27)21-30;;/h1-3,5-6,8-13,20-21,28,31-32H,4,7,14-19,22-23H2;2*1H. The first-order valence-corrected chi connectivity index (χ1v) is 12.9. The van der Waals surface area contributed by atoms with Crippen LogP contribution in [0.4, 0.5) is 0 Å². The first-order valence-electron chi connectivity index (χ1n) is 12.9. The Bertz CT molecular complexity index is 1090. The molecule has 0 aliphatic carbocycles. The molecule has 0 bridgehead atoms. The van der Waals surface area contributed by atoms with Gasteiger partial charge in [-0.1, -0.05) is 72.8 Å². The minimum Gasteiger partial charge on any atom is -0.316 e. The van der Waals surface area contributed by atoms with E-state index in [9.17, 15) is 4.79 Å². The van der Waals surface area contributed by atoms with Crippen LogP contribution in [0, 0.1) is 5.92 Å². The normalized spacial score (nSPS) is 19.8. The molecule has 1 N–H and O–H groups in total. The third-order valence-corrected chi connectivity index (χ3v) is 7.76. The highest BCUT2D eigenvalue weighted by molar-refractivity contribution is 5.85. The van der Waals surface area contributed by atoms with Crippen LogP contribution in [-0.4, -0.2) is 37.4 Å². The maximum absolute atomic E-state index is 11.1. The fourth-order valence-corrected chi connectivity index (χ4v) is 5.83. The van der Waals surface area contributed by atoms with Crippen molar-refractivity contribution in [3.8, 4) is 11.1 Å². The minimum atomic E-state index is 0. The number of likely N-dealkylation sites (tertiary alicyclic amines) is 1. The first kappa shape index (κ1) is 28.4. The second-order valence-electron chi connectivity index (χ2n) is 9.98. The largest absolute Gasteiger partial charge is 0.316 e. The smallest absolute Gasteiger partial charge is 0.120 e. The van der Waals surface area contributed by atoms with E-state index in [1.165, 1.54) is 39.8 Å². The number of piperidine rings is 1. The molecule has 192 valence electrons. The molecule has 0 radical (unpaired) electrons. The zero-order valence-corrected chi connectivity index (χ0v) is 22.5. The summed E-state index contributed by atoms with van der Waals surface area (Å²) >= 11 is 0. The van der Waals surface area contributed by atoms with Crippen LogP contribution in [0.1, 0.15) is 47.4 Å². The van der Waals surface area contributed by atoms with Gasteiger partial charge in [0.2, 0.25) is 0 Å². The molecule has 1 saturated heterocycles. The van der Waals surface area contributed by atoms with Gasteiger partial charge in [-0.25, -0.2) is 0 Å². The summed E-state index contributed by atoms with van der Waals surface area (Å²) in [5, 5.41) is 3.53. The van der Waals surface area contributed by atoms with Crippen LogP contribution in [0.15, 0.2) is 72.8 Å².